The van der Waals surface area contributed by atoms with E-state index in [0.717, 1.165) is 11.1 Å². The van der Waals surface area contributed by atoms with Gasteiger partial charge < -0.3 is 14.8 Å². The molecule has 1 amide bonds. The zero-order valence-corrected chi connectivity index (χ0v) is 12.8. The van der Waals surface area contributed by atoms with Crippen LogP contribution < -0.4 is 14.8 Å². The molecule has 22 heavy (non-hydrogen) atoms. The number of ether oxygens (including phenoxy) is 2. The maximum atomic E-state index is 12.9. The lowest BCUT2D eigenvalue weighted by Gasteiger charge is -2.14. The summed E-state index contributed by atoms with van der Waals surface area (Å²) in [7, 11) is 3.11. The predicted molar refractivity (Wildman–Crippen MR) is 83.0 cm³/mol. The highest BCUT2D eigenvalue weighted by atomic mass is 19.1. The molecule has 0 aliphatic heterocycles. The molecule has 0 fully saturated rings. The minimum Gasteiger partial charge on any atom is -0.496 e. The summed E-state index contributed by atoms with van der Waals surface area (Å²) in [6.07, 6.45) is 0.152. The summed E-state index contributed by atoms with van der Waals surface area (Å²) in [5.41, 5.74) is 2.19. The Morgan fingerprint density at radius 2 is 1.73 bits per heavy atom. The first-order chi connectivity index (χ1) is 10.5. The Balaban J connectivity index is 2.15. The number of carbonyl (C=O) groups excluding carboxylic acids is 1. The van der Waals surface area contributed by atoms with E-state index in [1.165, 1.54) is 19.2 Å². The predicted octanol–water partition coefficient (Wildman–Crippen LogP) is 3.33. The second-order valence-electron chi connectivity index (χ2n) is 4.87. The van der Waals surface area contributed by atoms with Gasteiger partial charge in [-0.2, -0.15) is 0 Å². The van der Waals surface area contributed by atoms with Gasteiger partial charge in [0.05, 0.1) is 26.3 Å². The molecule has 0 spiro atoms. The van der Waals surface area contributed by atoms with Gasteiger partial charge in [-0.1, -0.05) is 12.1 Å². The van der Waals surface area contributed by atoms with Gasteiger partial charge in [0.25, 0.3) is 0 Å². The van der Waals surface area contributed by atoms with Crippen LogP contribution in [0.4, 0.5) is 10.1 Å². The van der Waals surface area contributed by atoms with Crippen LogP contribution in [0.1, 0.15) is 11.1 Å². The SMILES string of the molecule is COc1cc(NC(=O)Cc2ccc(F)cc2)c(OC)cc1C. The number of aryl methyl sites for hydroxylation is 1. The normalized spacial score (nSPS) is 10.2. The fraction of sp³-hybridized carbons (Fsp3) is 0.235. The summed E-state index contributed by atoms with van der Waals surface area (Å²) in [4.78, 5) is 12.1. The van der Waals surface area contributed by atoms with Gasteiger partial charge >= 0.3 is 0 Å². The fourth-order valence-electron chi connectivity index (χ4n) is 2.13. The summed E-state index contributed by atoms with van der Waals surface area (Å²) in [6, 6.07) is 9.35. The zero-order valence-electron chi connectivity index (χ0n) is 12.8. The quantitative estimate of drug-likeness (QED) is 0.921. The van der Waals surface area contributed by atoms with Gasteiger partial charge in [-0.25, -0.2) is 4.39 Å². The maximum Gasteiger partial charge on any atom is 0.228 e. The first-order valence-corrected chi connectivity index (χ1v) is 6.80. The number of hydrogen-bond acceptors (Lipinski definition) is 3. The Bertz CT molecular complexity index is 668. The van der Waals surface area contributed by atoms with Crippen molar-refractivity contribution in [2.24, 2.45) is 0 Å². The number of hydrogen-bond donors (Lipinski definition) is 1. The van der Waals surface area contributed by atoms with Crippen LogP contribution in [0, 0.1) is 12.7 Å². The molecule has 0 radical (unpaired) electrons. The number of rotatable bonds is 5. The molecule has 0 aliphatic rings. The third-order valence-electron chi connectivity index (χ3n) is 3.27. The lowest BCUT2D eigenvalue weighted by Crippen LogP contribution is -2.15. The molecule has 0 aliphatic carbocycles. The molecule has 0 heterocycles. The van der Waals surface area contributed by atoms with Crippen LogP contribution >= 0.6 is 0 Å². The van der Waals surface area contributed by atoms with Gasteiger partial charge in [-0.3, -0.25) is 4.79 Å². The van der Waals surface area contributed by atoms with Crippen LogP contribution in [0.15, 0.2) is 36.4 Å². The van der Waals surface area contributed by atoms with Crippen molar-refractivity contribution >= 4 is 11.6 Å². The van der Waals surface area contributed by atoms with E-state index >= 15 is 0 Å². The largest absolute Gasteiger partial charge is 0.496 e. The number of methoxy groups -OCH3 is 2. The van der Waals surface area contributed by atoms with Crippen LogP contribution in [0.25, 0.3) is 0 Å². The van der Waals surface area contributed by atoms with Crippen molar-refractivity contribution in [1.29, 1.82) is 0 Å². The van der Waals surface area contributed by atoms with Gasteiger partial charge in [0.1, 0.15) is 17.3 Å². The smallest absolute Gasteiger partial charge is 0.228 e. The van der Waals surface area contributed by atoms with Crippen LogP contribution in [-0.2, 0) is 11.2 Å². The highest BCUT2D eigenvalue weighted by molar-refractivity contribution is 5.94. The molecule has 0 bridgehead atoms. The van der Waals surface area contributed by atoms with Crippen LogP contribution in [-0.4, -0.2) is 20.1 Å². The van der Waals surface area contributed by atoms with Gasteiger partial charge in [0, 0.05) is 6.07 Å². The topological polar surface area (TPSA) is 47.6 Å². The molecule has 0 unspecified atom stereocenters. The molecule has 0 saturated carbocycles. The monoisotopic (exact) mass is 303 g/mol. The molecule has 2 aromatic rings. The Hall–Kier alpha value is -2.56. The van der Waals surface area contributed by atoms with Crippen LogP contribution in [0.3, 0.4) is 0 Å². The molecule has 2 rings (SSSR count). The van der Waals surface area contributed by atoms with E-state index in [2.05, 4.69) is 5.32 Å². The second-order valence-corrected chi connectivity index (χ2v) is 4.87. The average Bonchev–Trinajstić information content (AvgIpc) is 2.50. The van der Waals surface area contributed by atoms with Crippen molar-refractivity contribution in [3.05, 3.63) is 53.3 Å². The van der Waals surface area contributed by atoms with Crippen molar-refractivity contribution in [2.45, 2.75) is 13.3 Å². The number of halogens is 1. The van der Waals surface area contributed by atoms with Crippen LogP contribution in [0.5, 0.6) is 11.5 Å². The molecule has 1 N–H and O–H groups in total. The minimum absolute atomic E-state index is 0.152. The highest BCUT2D eigenvalue weighted by Crippen LogP contribution is 2.32. The van der Waals surface area contributed by atoms with Gasteiger partial charge in [-0.05, 0) is 36.2 Å². The number of carbonyl (C=O) groups is 1. The summed E-state index contributed by atoms with van der Waals surface area (Å²) >= 11 is 0. The molecule has 116 valence electrons. The van der Waals surface area contributed by atoms with Crippen molar-refractivity contribution in [1.82, 2.24) is 0 Å². The summed E-state index contributed by atoms with van der Waals surface area (Å²) in [5, 5.41) is 2.79. The highest BCUT2D eigenvalue weighted by Gasteiger charge is 2.12. The first kappa shape index (κ1) is 15.8. The Labute approximate surface area is 128 Å². The molecule has 2 aromatic carbocycles. The van der Waals surface area contributed by atoms with E-state index in [1.54, 1.807) is 31.4 Å². The Kier molecular flexibility index (Phi) is 4.99. The van der Waals surface area contributed by atoms with E-state index in [0.29, 0.717) is 17.2 Å². The summed E-state index contributed by atoms with van der Waals surface area (Å²) in [5.74, 6) is 0.688. The van der Waals surface area contributed by atoms with Crippen LogP contribution in [0.2, 0.25) is 0 Å². The Morgan fingerprint density at radius 1 is 1.09 bits per heavy atom. The molecule has 4 nitrogen and oxygen atoms in total. The second kappa shape index (κ2) is 6.93. The average molecular weight is 303 g/mol. The number of anilines is 1. The zero-order chi connectivity index (χ0) is 16.1. The van der Waals surface area contributed by atoms with E-state index < -0.39 is 0 Å². The first-order valence-electron chi connectivity index (χ1n) is 6.80. The third kappa shape index (κ3) is 3.75. The summed E-state index contributed by atoms with van der Waals surface area (Å²) < 4.78 is 23.4. The number of amides is 1. The van der Waals surface area contributed by atoms with E-state index in [4.69, 9.17) is 9.47 Å². The molecule has 0 atom stereocenters. The van der Waals surface area contributed by atoms with E-state index in [1.807, 2.05) is 6.92 Å². The lowest BCUT2D eigenvalue weighted by atomic mass is 10.1. The molecule has 0 saturated heterocycles. The Morgan fingerprint density at radius 3 is 2.32 bits per heavy atom. The van der Waals surface area contributed by atoms with Gasteiger partial charge in [0.2, 0.25) is 5.91 Å². The van der Waals surface area contributed by atoms with Crippen molar-refractivity contribution in [3.8, 4) is 11.5 Å². The number of nitrogens with one attached hydrogen (secondary N) is 1. The molecule has 0 aromatic heterocycles. The lowest BCUT2D eigenvalue weighted by molar-refractivity contribution is -0.115. The molecular weight excluding hydrogens is 285 g/mol. The van der Waals surface area contributed by atoms with E-state index in [9.17, 15) is 9.18 Å². The summed E-state index contributed by atoms with van der Waals surface area (Å²) in [6.45, 7) is 1.89. The maximum absolute atomic E-state index is 12.9. The van der Waals surface area contributed by atoms with Gasteiger partial charge in [-0.15, -0.1) is 0 Å². The molecule has 5 heteroatoms. The van der Waals surface area contributed by atoms with Gasteiger partial charge in [0.15, 0.2) is 0 Å². The van der Waals surface area contributed by atoms with Crippen molar-refractivity contribution < 1.29 is 18.7 Å². The van der Waals surface area contributed by atoms with Crippen molar-refractivity contribution in [3.63, 3.8) is 0 Å². The van der Waals surface area contributed by atoms with Crippen molar-refractivity contribution in [2.75, 3.05) is 19.5 Å². The minimum atomic E-state index is -0.325. The van der Waals surface area contributed by atoms with E-state index in [-0.39, 0.29) is 18.1 Å². The third-order valence-corrected chi connectivity index (χ3v) is 3.27. The number of benzene rings is 2. The standard InChI is InChI=1S/C17H18FNO3/c1-11-8-16(22-3)14(10-15(11)21-2)19-17(20)9-12-4-6-13(18)7-5-12/h4-8,10H,9H2,1-3H3,(H,19,20). The fourth-order valence-corrected chi connectivity index (χ4v) is 2.13. The molecular formula is C17H18FNO3.